The Morgan fingerprint density at radius 2 is 1.68 bits per heavy atom. The molecule has 5 rings (SSSR count). The summed E-state index contributed by atoms with van der Waals surface area (Å²) in [5.74, 6) is 1.62. The van der Waals surface area contributed by atoms with Gasteiger partial charge in [-0.2, -0.15) is 0 Å². The molecule has 1 fully saturated rings. The molecule has 0 saturated carbocycles. The second-order valence-corrected chi connectivity index (χ2v) is 10.2. The van der Waals surface area contributed by atoms with Gasteiger partial charge >= 0.3 is 0 Å². The summed E-state index contributed by atoms with van der Waals surface area (Å²) >= 11 is 0. The predicted octanol–water partition coefficient (Wildman–Crippen LogP) is 8.67. The molecule has 216 valence electrons. The summed E-state index contributed by atoms with van der Waals surface area (Å²) in [4.78, 5) is 20.9. The normalized spacial score (nSPS) is 15.2. The number of aliphatic hydroxyl groups is 1. The van der Waals surface area contributed by atoms with Crippen molar-refractivity contribution in [2.45, 2.75) is 73.4 Å². The number of aromatic nitrogens is 2. The van der Waals surface area contributed by atoms with Crippen molar-refractivity contribution < 1.29 is 9.90 Å². The monoisotopic (exact) mass is 552 g/mol. The molecule has 4 N–H and O–H groups in total. The lowest BCUT2D eigenvalue weighted by atomic mass is 9.50. The van der Waals surface area contributed by atoms with Gasteiger partial charge in [0.05, 0.1) is 11.0 Å². The summed E-state index contributed by atoms with van der Waals surface area (Å²) in [7, 11) is 0. The van der Waals surface area contributed by atoms with E-state index in [4.69, 9.17) is 4.98 Å². The van der Waals surface area contributed by atoms with Gasteiger partial charge in [0.2, 0.25) is 0 Å². The Bertz CT molecular complexity index is 1420. The maximum absolute atomic E-state index is 12.8. The number of allylic oxidation sites excluding steroid dienone is 4. The average molecular weight is 553 g/mol. The zero-order valence-corrected chi connectivity index (χ0v) is 25.5. The molecule has 41 heavy (non-hydrogen) atoms. The first-order valence-electron chi connectivity index (χ1n) is 15.0. The van der Waals surface area contributed by atoms with Gasteiger partial charge in [-0.3, -0.25) is 4.79 Å². The number of amides is 1. The quantitative estimate of drug-likeness (QED) is 0.230. The van der Waals surface area contributed by atoms with Crippen LogP contribution in [-0.2, 0) is 0 Å². The fourth-order valence-electron chi connectivity index (χ4n) is 4.96. The molecule has 1 aliphatic heterocycles. The number of fused-ring (bicyclic) bond motifs is 1. The number of imidazole rings is 1. The van der Waals surface area contributed by atoms with Crippen molar-refractivity contribution in [1.82, 2.24) is 20.5 Å². The van der Waals surface area contributed by atoms with Crippen LogP contribution in [0.15, 0.2) is 84.3 Å². The van der Waals surface area contributed by atoms with E-state index in [0.717, 1.165) is 45.2 Å². The molecule has 1 aliphatic carbocycles. The minimum Gasteiger partial charge on any atom is -0.508 e. The number of hydrogen-bond donors (Lipinski definition) is 4. The zero-order valence-electron chi connectivity index (χ0n) is 25.5. The van der Waals surface area contributed by atoms with E-state index in [-0.39, 0.29) is 11.7 Å². The van der Waals surface area contributed by atoms with Crippen LogP contribution < -0.4 is 10.5 Å². The highest BCUT2D eigenvalue weighted by Gasteiger charge is 2.22. The molecule has 0 radical (unpaired) electrons. The molecular formula is C34H45BN4O2. The van der Waals surface area contributed by atoms with E-state index in [9.17, 15) is 9.90 Å². The van der Waals surface area contributed by atoms with Gasteiger partial charge < -0.3 is 20.6 Å². The fourth-order valence-corrected chi connectivity index (χ4v) is 4.96. The Hall–Kier alpha value is -4.00. The second-order valence-electron chi connectivity index (χ2n) is 10.2. The molecule has 2 aliphatic rings. The van der Waals surface area contributed by atoms with E-state index in [1.54, 1.807) is 24.3 Å². The Balaban J connectivity index is 0.00000111. The van der Waals surface area contributed by atoms with E-state index in [1.165, 1.54) is 25.5 Å². The highest BCUT2D eigenvalue weighted by Crippen LogP contribution is 2.27. The fraction of sp³-hybridized carbons (Fsp3) is 0.353. The van der Waals surface area contributed by atoms with E-state index < -0.39 is 0 Å². The summed E-state index contributed by atoms with van der Waals surface area (Å²) < 4.78 is 0. The van der Waals surface area contributed by atoms with Gasteiger partial charge in [-0.25, -0.2) is 4.98 Å². The van der Waals surface area contributed by atoms with Gasteiger partial charge in [-0.15, -0.1) is 0 Å². The lowest BCUT2D eigenvalue weighted by Gasteiger charge is -2.25. The first kappa shape index (κ1) is 31.5. The Labute approximate surface area is 245 Å². The number of hydrogen-bond acceptors (Lipinski definition) is 4. The standard InChI is InChI=1S/C30H33BN4O2.2C2H6/c1-19-13-15-31(16-14-19)35-21(3)24-11-12-26-27(18-24)34-29(33-26)22-7-9-23(10-8-22)30(37)32-25-5-4-6-28(36)20(2)17-25;2*1-2/h5-12,17-19,35-36H,3-4,13-16H2,1-2H3,(H,32,37)(H,33,34);2*1-2H3. The number of aliphatic hydroxyl groups excluding tert-OH is 1. The van der Waals surface area contributed by atoms with Crippen LogP contribution in [0.2, 0.25) is 12.6 Å². The third-order valence-corrected chi connectivity index (χ3v) is 7.33. The van der Waals surface area contributed by atoms with Crippen molar-refractivity contribution in [2.24, 2.45) is 5.92 Å². The van der Waals surface area contributed by atoms with Crippen LogP contribution in [-0.4, -0.2) is 27.8 Å². The third kappa shape index (κ3) is 8.26. The number of H-pyrrole nitrogens is 1. The van der Waals surface area contributed by atoms with Crippen LogP contribution in [0, 0.1) is 5.92 Å². The number of rotatable bonds is 6. The molecule has 2 heterocycles. The van der Waals surface area contributed by atoms with E-state index in [2.05, 4.69) is 41.2 Å². The van der Waals surface area contributed by atoms with Crippen molar-refractivity contribution in [3.05, 3.63) is 95.4 Å². The molecule has 0 bridgehead atoms. The average Bonchev–Trinajstić information content (AvgIpc) is 3.37. The number of aromatic amines is 1. The van der Waals surface area contributed by atoms with Crippen molar-refractivity contribution >= 4 is 29.5 Å². The number of benzene rings is 2. The van der Waals surface area contributed by atoms with Gasteiger partial charge in [0.15, 0.2) is 0 Å². The van der Waals surface area contributed by atoms with Crippen LogP contribution in [0.3, 0.4) is 0 Å². The SMILES string of the molecule is C=C(NB1CCC(C)CC1)c1ccc2nc(-c3ccc(C(=O)NC4=CCC=C(O)C(C)=C4)cc3)[nH]c2c1.CC.CC. The molecule has 6 nitrogen and oxygen atoms in total. The first-order chi connectivity index (χ1) is 19.9. The van der Waals surface area contributed by atoms with Crippen LogP contribution >= 0.6 is 0 Å². The minimum atomic E-state index is -0.198. The molecule has 2 aromatic carbocycles. The molecule has 0 atom stereocenters. The van der Waals surface area contributed by atoms with E-state index >= 15 is 0 Å². The predicted molar refractivity (Wildman–Crippen MR) is 175 cm³/mol. The van der Waals surface area contributed by atoms with Gasteiger partial charge in [0.1, 0.15) is 11.6 Å². The maximum atomic E-state index is 12.8. The van der Waals surface area contributed by atoms with Crippen LogP contribution in [0.1, 0.15) is 76.7 Å². The van der Waals surface area contributed by atoms with Crippen molar-refractivity contribution in [3.63, 3.8) is 0 Å². The number of nitrogens with zero attached hydrogens (tertiary/aromatic N) is 1. The highest BCUT2D eigenvalue weighted by molar-refractivity contribution is 6.57. The Morgan fingerprint density at radius 1 is 1.02 bits per heavy atom. The highest BCUT2D eigenvalue weighted by atomic mass is 16.3. The minimum absolute atomic E-state index is 0.198. The number of carbonyl (C=O) groups is 1. The van der Waals surface area contributed by atoms with Crippen LogP contribution in [0.5, 0.6) is 0 Å². The zero-order chi connectivity index (χ0) is 29.9. The lowest BCUT2D eigenvalue weighted by molar-refractivity contribution is 0.0967. The molecule has 1 aromatic heterocycles. The molecule has 7 heteroatoms. The largest absolute Gasteiger partial charge is 0.508 e. The first-order valence-corrected chi connectivity index (χ1v) is 15.0. The van der Waals surface area contributed by atoms with Gasteiger partial charge in [0, 0.05) is 22.5 Å². The Kier molecular flexibility index (Phi) is 11.6. The van der Waals surface area contributed by atoms with E-state index in [1.807, 2.05) is 58.9 Å². The summed E-state index contributed by atoms with van der Waals surface area (Å²) in [6.07, 6.45) is 10.9. The number of carbonyl (C=O) groups excluding carboxylic acids is 1. The van der Waals surface area contributed by atoms with Crippen LogP contribution in [0.4, 0.5) is 0 Å². The third-order valence-electron chi connectivity index (χ3n) is 7.33. The molecule has 1 saturated heterocycles. The molecule has 1 amide bonds. The molecule has 3 aromatic rings. The van der Waals surface area contributed by atoms with E-state index in [0.29, 0.717) is 24.5 Å². The molecule has 0 unspecified atom stereocenters. The van der Waals surface area contributed by atoms with Crippen molar-refractivity contribution in [2.75, 3.05) is 0 Å². The van der Waals surface area contributed by atoms with Crippen molar-refractivity contribution in [1.29, 1.82) is 0 Å². The van der Waals surface area contributed by atoms with Crippen LogP contribution in [0.25, 0.3) is 28.1 Å². The summed E-state index contributed by atoms with van der Waals surface area (Å²) in [5.41, 5.74) is 6.70. The summed E-state index contributed by atoms with van der Waals surface area (Å²) in [5, 5.41) is 16.4. The topological polar surface area (TPSA) is 90.0 Å². The van der Waals surface area contributed by atoms with Crippen molar-refractivity contribution in [3.8, 4) is 11.4 Å². The van der Waals surface area contributed by atoms with Gasteiger partial charge in [0.25, 0.3) is 12.8 Å². The smallest absolute Gasteiger partial charge is 0.255 e. The lowest BCUT2D eigenvalue weighted by Crippen LogP contribution is -2.35. The molecular weight excluding hydrogens is 507 g/mol. The summed E-state index contributed by atoms with van der Waals surface area (Å²) in [6, 6.07) is 13.6. The summed E-state index contributed by atoms with van der Waals surface area (Å²) in [6.45, 7) is 16.9. The second kappa shape index (κ2) is 15.1. The van der Waals surface area contributed by atoms with Gasteiger partial charge in [-0.05, 0) is 66.8 Å². The Morgan fingerprint density at radius 3 is 2.37 bits per heavy atom. The number of nitrogens with one attached hydrogen (secondary N) is 3. The maximum Gasteiger partial charge on any atom is 0.255 e. The molecule has 0 spiro atoms. The van der Waals surface area contributed by atoms with Gasteiger partial charge in [-0.1, -0.05) is 91.0 Å².